The van der Waals surface area contributed by atoms with Crippen LogP contribution >= 0.6 is 11.3 Å². The lowest BCUT2D eigenvalue weighted by molar-refractivity contribution is -0.137. The number of alkyl halides is 4. The number of nitrogens with two attached hydrogens (primary N) is 1. The number of benzene rings is 2. The fraction of sp³-hybridized carbons (Fsp3) is 0.459. The van der Waals surface area contributed by atoms with E-state index in [1.807, 2.05) is 24.8 Å². The Labute approximate surface area is 306 Å². The number of nitrogen functional groups attached to an aromatic ring is 1. The summed E-state index contributed by atoms with van der Waals surface area (Å²) < 4.78 is 97.7. The van der Waals surface area contributed by atoms with Gasteiger partial charge in [0, 0.05) is 54.5 Å². The number of hydrogen-bond donors (Lipinski definition) is 1. The van der Waals surface area contributed by atoms with Crippen LogP contribution in [-0.4, -0.2) is 82.3 Å². The molecule has 4 atom stereocenters. The third kappa shape index (κ3) is 6.51. The second-order valence-electron chi connectivity index (χ2n) is 13.5. The number of halogens is 6. The van der Waals surface area contributed by atoms with Gasteiger partial charge >= 0.3 is 12.2 Å². The zero-order chi connectivity index (χ0) is 38.6. The lowest BCUT2D eigenvalue weighted by Gasteiger charge is -2.44. The van der Waals surface area contributed by atoms with Crippen LogP contribution in [0.25, 0.3) is 32.1 Å². The van der Waals surface area contributed by atoms with Crippen molar-refractivity contribution in [3.8, 4) is 23.2 Å². The molecule has 0 saturated carbocycles. The molecule has 2 aromatic carbocycles. The van der Waals surface area contributed by atoms with Crippen molar-refractivity contribution in [1.82, 2.24) is 19.8 Å². The molecule has 0 aliphatic carbocycles. The Morgan fingerprint density at radius 1 is 1.19 bits per heavy atom. The van der Waals surface area contributed by atoms with Gasteiger partial charge in [0.2, 0.25) is 5.91 Å². The molecule has 0 radical (unpaired) electrons. The van der Waals surface area contributed by atoms with Gasteiger partial charge in [-0.25, -0.2) is 13.2 Å². The highest BCUT2D eigenvalue weighted by molar-refractivity contribution is 7.23. The van der Waals surface area contributed by atoms with Gasteiger partial charge in [0.05, 0.1) is 21.4 Å². The van der Waals surface area contributed by atoms with E-state index in [0.29, 0.717) is 24.3 Å². The highest BCUT2D eigenvalue weighted by atomic mass is 32.1. The monoisotopic (exact) mass is 759 g/mol. The summed E-state index contributed by atoms with van der Waals surface area (Å²) in [5.74, 6) is -2.59. The molecule has 0 spiro atoms. The number of thiophene rings is 1. The van der Waals surface area contributed by atoms with E-state index in [0.717, 1.165) is 24.6 Å². The van der Waals surface area contributed by atoms with Crippen molar-refractivity contribution in [2.45, 2.75) is 76.9 Å². The molecule has 0 unspecified atom stereocenters. The van der Waals surface area contributed by atoms with Crippen LogP contribution in [0.15, 0.2) is 30.9 Å². The molecule has 3 saturated heterocycles. The fourth-order valence-electron chi connectivity index (χ4n) is 7.96. The normalized spacial score (nSPS) is 23.2. The van der Waals surface area contributed by atoms with Crippen LogP contribution in [0, 0.1) is 23.0 Å². The van der Waals surface area contributed by atoms with Crippen LogP contribution < -0.4 is 15.4 Å². The number of nitriles is 1. The van der Waals surface area contributed by atoms with E-state index < -0.39 is 58.2 Å². The average Bonchev–Trinajstić information content (AvgIpc) is 3.77. The predicted molar refractivity (Wildman–Crippen MR) is 192 cm³/mol. The molecular formula is C37H39F6N7O2S. The minimum Gasteiger partial charge on any atom is -0.461 e. The van der Waals surface area contributed by atoms with Crippen molar-refractivity contribution in [2.75, 3.05) is 43.4 Å². The minimum absolute atomic E-state index is 0.0284. The Morgan fingerprint density at radius 3 is 2.60 bits per heavy atom. The highest BCUT2D eigenvalue weighted by Crippen LogP contribution is 2.48. The number of carbonyl (C=O) groups is 1. The van der Waals surface area contributed by atoms with Crippen LogP contribution in [0.2, 0.25) is 0 Å². The molecule has 53 heavy (non-hydrogen) atoms. The number of amides is 1. The Morgan fingerprint density at radius 2 is 1.92 bits per heavy atom. The van der Waals surface area contributed by atoms with Crippen molar-refractivity contribution in [1.29, 1.82) is 5.26 Å². The summed E-state index contributed by atoms with van der Waals surface area (Å²) in [4.78, 5) is 26.7. The number of piperazine rings is 1. The molecular weight excluding hydrogens is 721 g/mol. The SMILES string of the molecule is C=CC(=O)N1C[C@H](C)N(c2nc(OC[C@@]34CCCN3C[C@H](F)C4)nc3c(F)c(-c4ccc(F)c5sc(N)c(C#N)c45)c(C(F)(F)F)cc23)C[C@H]1C.CC. The van der Waals surface area contributed by atoms with E-state index >= 15 is 17.6 Å². The van der Waals surface area contributed by atoms with E-state index in [2.05, 4.69) is 16.5 Å². The molecule has 3 fully saturated rings. The van der Waals surface area contributed by atoms with E-state index in [1.54, 1.807) is 23.6 Å². The second kappa shape index (κ2) is 14.3. The summed E-state index contributed by atoms with van der Waals surface area (Å²) in [6, 6.07) is 3.21. The topological polar surface area (TPSA) is 112 Å². The van der Waals surface area contributed by atoms with Gasteiger partial charge in [-0.2, -0.15) is 28.4 Å². The average molecular weight is 760 g/mol. The molecule has 5 heterocycles. The van der Waals surface area contributed by atoms with Crippen molar-refractivity contribution < 1.29 is 35.9 Å². The summed E-state index contributed by atoms with van der Waals surface area (Å²) in [7, 11) is 0. The summed E-state index contributed by atoms with van der Waals surface area (Å²) in [6.07, 6.45) is -3.31. The number of anilines is 2. The molecule has 9 nitrogen and oxygen atoms in total. The van der Waals surface area contributed by atoms with Gasteiger partial charge in [0.25, 0.3) is 0 Å². The summed E-state index contributed by atoms with van der Waals surface area (Å²) in [6.45, 7) is 12.3. The van der Waals surface area contributed by atoms with Gasteiger partial charge in [0.1, 0.15) is 41.0 Å². The molecule has 1 amide bonds. The van der Waals surface area contributed by atoms with Crippen LogP contribution in [-0.2, 0) is 11.0 Å². The zero-order valence-corrected chi connectivity index (χ0v) is 30.5. The quantitative estimate of drug-likeness (QED) is 0.156. The van der Waals surface area contributed by atoms with Crippen LogP contribution in [0.3, 0.4) is 0 Å². The molecule has 7 rings (SSSR count). The Hall–Kier alpha value is -4.62. The standard InChI is InChI=1S/C35H33F6N7O2S.C2H6/c1-4-25(49)47-13-18(3)48(14-17(47)2)32-21-10-23(35(39,40)41)27(20-6-7-24(37)30-26(20)22(12-42)31(43)51-30)28(38)29(21)44-33(45-32)50-16-34-8-5-9-46(34)15-19(36)11-34;1-2/h4,6-7,10,17-19H,1,5,8-9,11,13-16,43H2,2-3H3;1-2H3/t17-,18+,19-,34+;/m1./s1. The van der Waals surface area contributed by atoms with Crippen molar-refractivity contribution >= 4 is 49.1 Å². The van der Waals surface area contributed by atoms with E-state index in [-0.39, 0.29) is 82.0 Å². The number of hydrogen-bond acceptors (Lipinski definition) is 9. The van der Waals surface area contributed by atoms with Crippen LogP contribution in [0.4, 0.5) is 37.2 Å². The minimum atomic E-state index is -5.13. The first-order valence-corrected chi connectivity index (χ1v) is 18.2. The van der Waals surface area contributed by atoms with Crippen LogP contribution in [0.1, 0.15) is 58.1 Å². The smallest absolute Gasteiger partial charge is 0.417 e. The predicted octanol–water partition coefficient (Wildman–Crippen LogP) is 7.86. The van der Waals surface area contributed by atoms with Gasteiger partial charge in [0.15, 0.2) is 5.82 Å². The van der Waals surface area contributed by atoms with E-state index in [4.69, 9.17) is 10.5 Å². The maximum absolute atomic E-state index is 17.1. The number of ether oxygens (including phenoxy) is 1. The van der Waals surface area contributed by atoms with E-state index in [9.17, 15) is 18.8 Å². The molecule has 0 bridgehead atoms. The third-order valence-electron chi connectivity index (χ3n) is 10.3. The van der Waals surface area contributed by atoms with Gasteiger partial charge in [-0.3, -0.25) is 9.69 Å². The van der Waals surface area contributed by atoms with Gasteiger partial charge in [-0.05, 0) is 57.0 Å². The zero-order valence-electron chi connectivity index (χ0n) is 29.7. The largest absolute Gasteiger partial charge is 0.461 e. The summed E-state index contributed by atoms with van der Waals surface area (Å²) >= 11 is 0.675. The van der Waals surface area contributed by atoms with Gasteiger partial charge in [-0.15, -0.1) is 11.3 Å². The Balaban J connectivity index is 0.00000236. The van der Waals surface area contributed by atoms with Gasteiger partial charge < -0.3 is 20.3 Å². The first-order valence-electron chi connectivity index (χ1n) is 17.4. The molecule has 282 valence electrons. The maximum Gasteiger partial charge on any atom is 0.417 e. The lowest BCUT2D eigenvalue weighted by Crippen LogP contribution is -2.58. The molecule has 2 N–H and O–H groups in total. The number of nitrogens with zero attached hydrogens (tertiary/aromatic N) is 6. The molecule has 3 aliphatic rings. The van der Waals surface area contributed by atoms with Crippen LogP contribution in [0.5, 0.6) is 6.01 Å². The number of fused-ring (bicyclic) bond motifs is 3. The van der Waals surface area contributed by atoms with Crippen molar-refractivity contribution in [3.63, 3.8) is 0 Å². The van der Waals surface area contributed by atoms with Crippen molar-refractivity contribution in [3.05, 3.63) is 53.6 Å². The third-order valence-corrected chi connectivity index (χ3v) is 11.4. The number of aromatic nitrogens is 2. The number of rotatable bonds is 6. The fourth-order valence-corrected chi connectivity index (χ4v) is 8.91. The molecule has 16 heteroatoms. The van der Waals surface area contributed by atoms with Gasteiger partial charge in [-0.1, -0.05) is 26.5 Å². The van der Waals surface area contributed by atoms with E-state index in [1.165, 1.54) is 6.08 Å². The molecule has 4 aromatic rings. The first-order chi connectivity index (χ1) is 25.2. The highest BCUT2D eigenvalue weighted by Gasteiger charge is 2.49. The van der Waals surface area contributed by atoms with Crippen molar-refractivity contribution in [2.24, 2.45) is 0 Å². The number of carbonyl (C=O) groups excluding carboxylic acids is 1. The second-order valence-corrected chi connectivity index (χ2v) is 14.6. The first kappa shape index (κ1) is 38.1. The summed E-state index contributed by atoms with van der Waals surface area (Å²) in [5.41, 5.74) is 1.83. The lowest BCUT2D eigenvalue weighted by atomic mass is 9.92. The maximum atomic E-state index is 17.1. The Bertz CT molecular complexity index is 2140. The molecule has 3 aliphatic heterocycles. The Kier molecular flexibility index (Phi) is 10.3. The molecule has 2 aromatic heterocycles. The summed E-state index contributed by atoms with van der Waals surface area (Å²) in [5, 5.41) is 9.19.